The van der Waals surface area contributed by atoms with Crippen molar-refractivity contribution in [3.63, 3.8) is 0 Å². The molecule has 0 fully saturated rings. The molecule has 2 aromatic heterocycles. The van der Waals surface area contributed by atoms with Crippen molar-refractivity contribution >= 4 is 5.57 Å². The van der Waals surface area contributed by atoms with Crippen LogP contribution in [0.5, 0.6) is 0 Å². The fourth-order valence-corrected chi connectivity index (χ4v) is 6.62. The predicted molar refractivity (Wildman–Crippen MR) is 195 cm³/mol. The number of benzene rings is 2. The number of nitrogens with zero attached hydrogens (tertiary/aromatic N) is 4. The van der Waals surface area contributed by atoms with Crippen LogP contribution in [-0.2, 0) is 10.8 Å². The maximum absolute atomic E-state index is 5.01. The third kappa shape index (κ3) is 6.11. The summed E-state index contributed by atoms with van der Waals surface area (Å²) in [5.74, 6) is 3.03. The van der Waals surface area contributed by atoms with Gasteiger partial charge in [0.05, 0.1) is 5.69 Å². The Morgan fingerprint density at radius 3 is 1.91 bits per heavy atom. The minimum absolute atomic E-state index is 0.0418. The Morgan fingerprint density at radius 1 is 0.717 bits per heavy atom. The average molecular weight is 613 g/mol. The highest BCUT2D eigenvalue weighted by molar-refractivity contribution is 5.73. The second-order valence-corrected chi connectivity index (χ2v) is 15.3. The van der Waals surface area contributed by atoms with E-state index in [0.717, 1.165) is 40.8 Å². The molecule has 1 aliphatic rings. The van der Waals surface area contributed by atoms with E-state index in [1.165, 1.54) is 16.7 Å². The van der Waals surface area contributed by atoms with Crippen molar-refractivity contribution in [1.82, 2.24) is 19.9 Å². The number of hydrogen-bond acceptors (Lipinski definition) is 4. The van der Waals surface area contributed by atoms with Gasteiger partial charge in [0.15, 0.2) is 17.5 Å². The Morgan fingerprint density at radius 2 is 1.33 bits per heavy atom. The van der Waals surface area contributed by atoms with Crippen LogP contribution in [0.3, 0.4) is 0 Å². The van der Waals surface area contributed by atoms with E-state index in [1.807, 2.05) is 6.20 Å². The van der Waals surface area contributed by atoms with Crippen LogP contribution in [0, 0.1) is 11.3 Å². The largest absolute Gasteiger partial charge is 0.255 e. The molecule has 0 aliphatic heterocycles. The second kappa shape index (κ2) is 12.7. The standard InChI is InChI=1S/C42H52N4/c1-12-14-30(16-13-15-27(2)3)37-44-38(31-19-17-29(18-20-31)28(4)5)46-39(45-37)33-22-24-36(43-26-33)32-21-23-34-35(25-32)41(8,9)42(10,11)40(34,6)7/h13-14,16-28H,12,15H2,1-11H3/b16-13-,30-14+. The molecule has 0 spiro atoms. The lowest BCUT2D eigenvalue weighted by Gasteiger charge is -2.44. The van der Waals surface area contributed by atoms with Crippen molar-refractivity contribution in [3.8, 4) is 34.0 Å². The molecule has 0 bridgehead atoms. The van der Waals surface area contributed by atoms with Gasteiger partial charge in [0.1, 0.15) is 0 Å². The number of hydrogen-bond donors (Lipinski definition) is 0. The fraction of sp³-hybridized carbons (Fsp3) is 0.429. The molecule has 0 atom stereocenters. The maximum Gasteiger partial charge on any atom is 0.165 e. The number of pyridine rings is 1. The van der Waals surface area contributed by atoms with Crippen molar-refractivity contribution in [2.75, 3.05) is 0 Å². The van der Waals surface area contributed by atoms with Crippen molar-refractivity contribution in [2.24, 2.45) is 11.3 Å². The topological polar surface area (TPSA) is 51.6 Å². The summed E-state index contributed by atoms with van der Waals surface area (Å²) in [6.45, 7) is 25.4. The first kappa shape index (κ1) is 33.4. The molecule has 1 aliphatic carbocycles. The third-order valence-electron chi connectivity index (χ3n) is 10.9. The quantitative estimate of drug-likeness (QED) is 0.176. The monoisotopic (exact) mass is 612 g/mol. The molecule has 4 heteroatoms. The number of aromatic nitrogens is 4. The van der Waals surface area contributed by atoms with Gasteiger partial charge in [-0.2, -0.15) is 0 Å². The Kier molecular flexibility index (Phi) is 9.23. The summed E-state index contributed by atoms with van der Waals surface area (Å²) in [6, 6.07) is 19.7. The van der Waals surface area contributed by atoms with Crippen molar-refractivity contribution < 1.29 is 0 Å². The highest BCUT2D eigenvalue weighted by Crippen LogP contribution is 2.61. The second-order valence-electron chi connectivity index (χ2n) is 15.3. The normalized spacial score (nSPS) is 16.8. The van der Waals surface area contributed by atoms with E-state index >= 15 is 0 Å². The maximum atomic E-state index is 5.01. The Labute approximate surface area is 277 Å². The summed E-state index contributed by atoms with van der Waals surface area (Å²) in [7, 11) is 0. The zero-order valence-corrected chi connectivity index (χ0v) is 29.9. The molecule has 2 aromatic carbocycles. The van der Waals surface area contributed by atoms with Crippen LogP contribution in [-0.4, -0.2) is 19.9 Å². The molecule has 4 aromatic rings. The van der Waals surface area contributed by atoms with Gasteiger partial charge < -0.3 is 0 Å². The molecule has 0 N–H and O–H groups in total. The molecular weight excluding hydrogens is 560 g/mol. The lowest BCUT2D eigenvalue weighted by molar-refractivity contribution is 0.125. The highest BCUT2D eigenvalue weighted by Gasteiger charge is 2.56. The van der Waals surface area contributed by atoms with Gasteiger partial charge >= 0.3 is 0 Å². The smallest absolute Gasteiger partial charge is 0.165 e. The van der Waals surface area contributed by atoms with Gasteiger partial charge in [0.25, 0.3) is 0 Å². The molecule has 240 valence electrons. The molecule has 0 saturated carbocycles. The van der Waals surface area contributed by atoms with E-state index in [0.29, 0.717) is 29.3 Å². The molecule has 0 saturated heterocycles. The summed E-state index contributed by atoms with van der Waals surface area (Å²) in [4.78, 5) is 19.9. The summed E-state index contributed by atoms with van der Waals surface area (Å²) < 4.78 is 0. The lowest BCUT2D eigenvalue weighted by Crippen LogP contribution is -2.42. The van der Waals surface area contributed by atoms with Crippen LogP contribution < -0.4 is 0 Å². The van der Waals surface area contributed by atoms with Gasteiger partial charge in [-0.25, -0.2) is 15.0 Å². The molecule has 0 unspecified atom stereocenters. The number of fused-ring (bicyclic) bond motifs is 1. The van der Waals surface area contributed by atoms with Gasteiger partial charge in [-0.05, 0) is 75.8 Å². The molecule has 46 heavy (non-hydrogen) atoms. The van der Waals surface area contributed by atoms with E-state index in [9.17, 15) is 0 Å². The zero-order chi connectivity index (χ0) is 33.4. The van der Waals surface area contributed by atoms with Gasteiger partial charge in [0.2, 0.25) is 0 Å². The van der Waals surface area contributed by atoms with Crippen LogP contribution in [0.25, 0.3) is 39.6 Å². The lowest BCUT2D eigenvalue weighted by atomic mass is 9.59. The first-order valence-corrected chi connectivity index (χ1v) is 17.0. The van der Waals surface area contributed by atoms with Crippen LogP contribution in [0.2, 0.25) is 0 Å². The van der Waals surface area contributed by atoms with Gasteiger partial charge in [-0.1, -0.05) is 131 Å². The summed E-state index contributed by atoms with van der Waals surface area (Å²) >= 11 is 0. The predicted octanol–water partition coefficient (Wildman–Crippen LogP) is 11.4. The minimum Gasteiger partial charge on any atom is -0.255 e. The first-order chi connectivity index (χ1) is 21.7. The van der Waals surface area contributed by atoms with Gasteiger partial charge in [-0.3, -0.25) is 4.98 Å². The first-order valence-electron chi connectivity index (χ1n) is 17.0. The van der Waals surface area contributed by atoms with E-state index in [-0.39, 0.29) is 16.2 Å². The average Bonchev–Trinajstić information content (AvgIpc) is 3.13. The van der Waals surface area contributed by atoms with Crippen molar-refractivity contribution in [2.45, 2.75) is 106 Å². The third-order valence-corrected chi connectivity index (χ3v) is 10.9. The van der Waals surface area contributed by atoms with Gasteiger partial charge in [0, 0.05) is 28.5 Å². The Balaban J connectivity index is 1.56. The van der Waals surface area contributed by atoms with E-state index in [4.69, 9.17) is 19.9 Å². The van der Waals surface area contributed by atoms with Gasteiger partial charge in [-0.15, -0.1) is 0 Å². The minimum atomic E-state index is 0.0418. The zero-order valence-electron chi connectivity index (χ0n) is 29.9. The Bertz CT molecular complexity index is 1750. The van der Waals surface area contributed by atoms with E-state index < -0.39 is 0 Å². The van der Waals surface area contributed by atoms with Crippen molar-refractivity contribution in [1.29, 1.82) is 0 Å². The molecule has 0 radical (unpaired) electrons. The van der Waals surface area contributed by atoms with E-state index in [2.05, 4.69) is 149 Å². The Hall–Kier alpha value is -3.92. The van der Waals surface area contributed by atoms with Crippen LogP contribution in [0.1, 0.15) is 117 Å². The number of allylic oxidation sites excluding steroid dienone is 4. The van der Waals surface area contributed by atoms with E-state index in [1.54, 1.807) is 0 Å². The SMILES string of the molecule is CC/C=C(\C=C/CC(C)C)c1nc(-c2ccc(C(C)C)cc2)nc(-c2ccc(-c3ccc4c(c3)C(C)(C)C(C)(C)C4(C)C)nc2)n1. The van der Waals surface area contributed by atoms with Crippen LogP contribution >= 0.6 is 0 Å². The summed E-state index contributed by atoms with van der Waals surface area (Å²) in [6.07, 6.45) is 10.4. The van der Waals surface area contributed by atoms with Crippen LogP contribution in [0.15, 0.2) is 79.0 Å². The molecule has 4 nitrogen and oxygen atoms in total. The molecule has 0 amide bonds. The molecule has 2 heterocycles. The summed E-state index contributed by atoms with van der Waals surface area (Å²) in [5, 5.41) is 0. The van der Waals surface area contributed by atoms with Crippen LogP contribution in [0.4, 0.5) is 0 Å². The number of rotatable bonds is 9. The highest BCUT2D eigenvalue weighted by atomic mass is 15.0. The van der Waals surface area contributed by atoms with Crippen molar-refractivity contribution in [3.05, 3.63) is 102 Å². The fourth-order valence-electron chi connectivity index (χ4n) is 6.62. The summed E-state index contributed by atoms with van der Waals surface area (Å²) in [5.41, 5.74) is 9.35. The molecule has 5 rings (SSSR count). The molecular formula is C42H52N4.